The first-order valence-corrected chi connectivity index (χ1v) is 6.26. The van der Waals surface area contributed by atoms with E-state index in [1.165, 1.54) is 12.8 Å². The molecule has 3 nitrogen and oxygen atoms in total. The van der Waals surface area contributed by atoms with Gasteiger partial charge in [-0.05, 0) is 19.0 Å². The fraction of sp³-hybridized carbons (Fsp3) is 0.467. The van der Waals surface area contributed by atoms with E-state index in [2.05, 4.69) is 18.2 Å². The van der Waals surface area contributed by atoms with E-state index in [1.54, 1.807) is 7.11 Å². The molecule has 0 spiro atoms. The molecular formula is C15H21NO2. The molecule has 3 heteroatoms. The summed E-state index contributed by atoms with van der Waals surface area (Å²) in [5, 5.41) is 3.38. The van der Waals surface area contributed by atoms with Gasteiger partial charge in [-0.2, -0.15) is 0 Å². The van der Waals surface area contributed by atoms with Gasteiger partial charge >= 0.3 is 0 Å². The number of para-hydroxylation sites is 1. The molecule has 0 aliphatic heterocycles. The first kappa shape index (κ1) is 14.4. The van der Waals surface area contributed by atoms with Gasteiger partial charge in [-0.3, -0.25) is 0 Å². The summed E-state index contributed by atoms with van der Waals surface area (Å²) in [5.41, 5.74) is 1.07. The predicted molar refractivity (Wildman–Crippen MR) is 73.9 cm³/mol. The van der Waals surface area contributed by atoms with E-state index in [-0.39, 0.29) is 6.61 Å². The van der Waals surface area contributed by atoms with Gasteiger partial charge in [0.15, 0.2) is 11.5 Å². The Hall–Kier alpha value is -1.66. The predicted octanol–water partition coefficient (Wildman–Crippen LogP) is 2.60. The van der Waals surface area contributed by atoms with Crippen molar-refractivity contribution in [3.05, 3.63) is 23.8 Å². The summed E-state index contributed by atoms with van der Waals surface area (Å²) >= 11 is 0. The molecule has 18 heavy (non-hydrogen) atoms. The zero-order valence-electron chi connectivity index (χ0n) is 11.2. The van der Waals surface area contributed by atoms with Crippen molar-refractivity contribution < 1.29 is 9.47 Å². The van der Waals surface area contributed by atoms with E-state index in [0.717, 1.165) is 30.2 Å². The molecule has 0 radical (unpaired) electrons. The minimum atomic E-state index is 0.252. The number of benzene rings is 1. The number of nitrogens with one attached hydrogen (secondary N) is 1. The summed E-state index contributed by atoms with van der Waals surface area (Å²) in [5.74, 6) is 3.93. The standard InChI is InChI=1S/C15H21NO2/c1-4-6-10-16-12-13-8-7-9-14(17-3)15(13)18-11-5-2/h2,7-9,16H,4,6,10-12H2,1,3H3. The molecule has 0 heterocycles. The summed E-state index contributed by atoms with van der Waals surface area (Å²) < 4.78 is 10.9. The van der Waals surface area contributed by atoms with Crippen LogP contribution in [0.3, 0.4) is 0 Å². The number of unbranched alkanes of at least 4 members (excludes halogenated alkanes) is 1. The fourth-order valence-electron chi connectivity index (χ4n) is 1.66. The molecule has 0 bridgehead atoms. The zero-order valence-corrected chi connectivity index (χ0v) is 11.2. The first-order valence-electron chi connectivity index (χ1n) is 6.26. The van der Waals surface area contributed by atoms with Crippen LogP contribution in [0, 0.1) is 12.3 Å². The quantitative estimate of drug-likeness (QED) is 0.566. The Morgan fingerprint density at radius 3 is 2.89 bits per heavy atom. The SMILES string of the molecule is C#CCOc1c(CNCCCC)cccc1OC. The lowest BCUT2D eigenvalue weighted by Gasteiger charge is -2.14. The minimum Gasteiger partial charge on any atom is -0.493 e. The summed E-state index contributed by atoms with van der Waals surface area (Å²) in [6, 6.07) is 5.85. The van der Waals surface area contributed by atoms with Crippen LogP contribution in [-0.4, -0.2) is 20.3 Å². The highest BCUT2D eigenvalue weighted by Crippen LogP contribution is 2.30. The Kier molecular flexibility index (Phi) is 6.75. The lowest BCUT2D eigenvalue weighted by atomic mass is 10.2. The lowest BCUT2D eigenvalue weighted by Crippen LogP contribution is -2.15. The molecule has 1 aromatic carbocycles. The molecule has 0 aliphatic rings. The third kappa shape index (κ3) is 4.31. The number of rotatable bonds is 8. The third-order valence-electron chi connectivity index (χ3n) is 2.60. The number of terminal acetylenes is 1. The summed E-state index contributed by atoms with van der Waals surface area (Å²) in [4.78, 5) is 0. The second kappa shape index (κ2) is 8.43. The molecule has 0 aromatic heterocycles. The Balaban J connectivity index is 2.72. The first-order chi connectivity index (χ1) is 8.83. The minimum absolute atomic E-state index is 0.252. The van der Waals surface area contributed by atoms with Gasteiger partial charge in [-0.15, -0.1) is 6.42 Å². The normalized spacial score (nSPS) is 9.83. The molecule has 0 saturated heterocycles. The number of hydrogen-bond donors (Lipinski definition) is 1. The molecule has 0 saturated carbocycles. The highest BCUT2D eigenvalue weighted by Gasteiger charge is 2.09. The van der Waals surface area contributed by atoms with E-state index in [1.807, 2.05) is 18.2 Å². The highest BCUT2D eigenvalue weighted by atomic mass is 16.5. The molecule has 0 unspecified atom stereocenters. The van der Waals surface area contributed by atoms with Crippen molar-refractivity contribution in [1.29, 1.82) is 0 Å². The lowest BCUT2D eigenvalue weighted by molar-refractivity contribution is 0.326. The van der Waals surface area contributed by atoms with Crippen molar-refractivity contribution in [3.63, 3.8) is 0 Å². The number of hydrogen-bond acceptors (Lipinski definition) is 3. The molecule has 1 aromatic rings. The highest BCUT2D eigenvalue weighted by molar-refractivity contribution is 5.46. The maximum atomic E-state index is 5.56. The molecule has 0 atom stereocenters. The van der Waals surface area contributed by atoms with E-state index in [9.17, 15) is 0 Å². The monoisotopic (exact) mass is 247 g/mol. The zero-order chi connectivity index (χ0) is 13.2. The average molecular weight is 247 g/mol. The van der Waals surface area contributed by atoms with Crippen LogP contribution in [0.2, 0.25) is 0 Å². The maximum Gasteiger partial charge on any atom is 0.167 e. The van der Waals surface area contributed by atoms with Crippen molar-refractivity contribution in [2.24, 2.45) is 0 Å². The second-order valence-electron chi connectivity index (χ2n) is 3.97. The van der Waals surface area contributed by atoms with Gasteiger partial charge < -0.3 is 14.8 Å². The van der Waals surface area contributed by atoms with Gasteiger partial charge in [-0.25, -0.2) is 0 Å². The van der Waals surface area contributed by atoms with E-state index in [0.29, 0.717) is 0 Å². The van der Waals surface area contributed by atoms with Crippen LogP contribution in [0.4, 0.5) is 0 Å². The molecule has 0 amide bonds. The third-order valence-corrected chi connectivity index (χ3v) is 2.60. The van der Waals surface area contributed by atoms with Crippen LogP contribution < -0.4 is 14.8 Å². The van der Waals surface area contributed by atoms with Crippen molar-refractivity contribution in [3.8, 4) is 23.8 Å². The van der Waals surface area contributed by atoms with Crippen LogP contribution in [0.25, 0.3) is 0 Å². The summed E-state index contributed by atoms with van der Waals surface area (Å²) in [7, 11) is 1.63. The Labute approximate surface area is 109 Å². The van der Waals surface area contributed by atoms with Crippen LogP contribution >= 0.6 is 0 Å². The van der Waals surface area contributed by atoms with Crippen molar-refractivity contribution in [2.75, 3.05) is 20.3 Å². The van der Waals surface area contributed by atoms with Crippen molar-refractivity contribution in [1.82, 2.24) is 5.32 Å². The fourth-order valence-corrected chi connectivity index (χ4v) is 1.66. The average Bonchev–Trinajstić information content (AvgIpc) is 2.41. The van der Waals surface area contributed by atoms with Crippen LogP contribution in [0.1, 0.15) is 25.3 Å². The van der Waals surface area contributed by atoms with Gasteiger partial charge in [0.2, 0.25) is 0 Å². The molecule has 1 rings (SSSR count). The molecular weight excluding hydrogens is 226 g/mol. The Bertz CT molecular complexity index is 396. The molecule has 0 aliphatic carbocycles. The molecule has 0 fully saturated rings. The summed E-state index contributed by atoms with van der Waals surface area (Å²) in [6.45, 7) is 4.19. The van der Waals surface area contributed by atoms with Gasteiger partial charge in [0.1, 0.15) is 6.61 Å². The van der Waals surface area contributed by atoms with E-state index >= 15 is 0 Å². The van der Waals surface area contributed by atoms with Crippen LogP contribution in [0.15, 0.2) is 18.2 Å². The van der Waals surface area contributed by atoms with Crippen molar-refractivity contribution in [2.45, 2.75) is 26.3 Å². The van der Waals surface area contributed by atoms with E-state index in [4.69, 9.17) is 15.9 Å². The van der Waals surface area contributed by atoms with Gasteiger partial charge in [0, 0.05) is 12.1 Å². The smallest absolute Gasteiger partial charge is 0.167 e. The Morgan fingerprint density at radius 1 is 1.39 bits per heavy atom. The Morgan fingerprint density at radius 2 is 2.22 bits per heavy atom. The van der Waals surface area contributed by atoms with Gasteiger partial charge in [-0.1, -0.05) is 31.4 Å². The van der Waals surface area contributed by atoms with Gasteiger partial charge in [0.25, 0.3) is 0 Å². The summed E-state index contributed by atoms with van der Waals surface area (Å²) in [6.07, 6.45) is 7.58. The van der Waals surface area contributed by atoms with Crippen molar-refractivity contribution >= 4 is 0 Å². The van der Waals surface area contributed by atoms with Gasteiger partial charge in [0.05, 0.1) is 7.11 Å². The van der Waals surface area contributed by atoms with E-state index < -0.39 is 0 Å². The topological polar surface area (TPSA) is 30.5 Å². The second-order valence-corrected chi connectivity index (χ2v) is 3.97. The molecule has 98 valence electrons. The largest absolute Gasteiger partial charge is 0.493 e. The molecule has 1 N–H and O–H groups in total. The maximum absolute atomic E-state index is 5.56. The number of ether oxygens (including phenoxy) is 2. The van der Waals surface area contributed by atoms with Crippen LogP contribution in [0.5, 0.6) is 11.5 Å². The number of methoxy groups -OCH3 is 1. The van der Waals surface area contributed by atoms with Crippen LogP contribution in [-0.2, 0) is 6.54 Å².